The lowest BCUT2D eigenvalue weighted by Gasteiger charge is -2.39. The second-order valence-corrected chi connectivity index (χ2v) is 8.02. The van der Waals surface area contributed by atoms with Gasteiger partial charge in [-0.3, -0.25) is 14.2 Å². The van der Waals surface area contributed by atoms with Crippen LogP contribution in [0.2, 0.25) is 0 Å². The van der Waals surface area contributed by atoms with Crippen LogP contribution in [-0.2, 0) is 16.1 Å². The van der Waals surface area contributed by atoms with Crippen LogP contribution in [-0.4, -0.2) is 51.9 Å². The number of piperidine rings is 1. The number of aromatic nitrogens is 2. The van der Waals surface area contributed by atoms with E-state index in [1.54, 1.807) is 17.7 Å². The predicted molar refractivity (Wildman–Crippen MR) is 108 cm³/mol. The highest BCUT2D eigenvalue weighted by Gasteiger charge is 2.29. The molecule has 2 aromatic rings. The fourth-order valence-corrected chi connectivity index (χ4v) is 4.65. The van der Waals surface area contributed by atoms with Crippen LogP contribution in [0.4, 0.5) is 0 Å². The van der Waals surface area contributed by atoms with Gasteiger partial charge in [0.2, 0.25) is 5.91 Å². The maximum absolute atomic E-state index is 12.9. The van der Waals surface area contributed by atoms with Crippen molar-refractivity contribution >= 4 is 28.6 Å². The van der Waals surface area contributed by atoms with Crippen molar-refractivity contribution < 1.29 is 9.53 Å². The average Bonchev–Trinajstić information content (AvgIpc) is 2.65. The van der Waals surface area contributed by atoms with Gasteiger partial charge in [0.15, 0.2) is 5.16 Å². The number of carbonyl (C=O) groups is 1. The maximum atomic E-state index is 12.9. The van der Waals surface area contributed by atoms with Crippen molar-refractivity contribution in [2.24, 2.45) is 0 Å². The summed E-state index contributed by atoms with van der Waals surface area (Å²) in [4.78, 5) is 32.3. The Bertz CT molecular complexity index is 857. The third-order valence-corrected chi connectivity index (χ3v) is 6.11. The maximum Gasteiger partial charge on any atom is 0.262 e. The number of rotatable bonds is 6. The Balaban J connectivity index is 1.84. The first kappa shape index (κ1) is 19.9. The summed E-state index contributed by atoms with van der Waals surface area (Å²) in [5.41, 5.74) is 0.568. The summed E-state index contributed by atoms with van der Waals surface area (Å²) < 4.78 is 6.76. The molecule has 1 saturated heterocycles. The molecule has 0 unspecified atom stereocenters. The Morgan fingerprint density at radius 1 is 1.26 bits per heavy atom. The van der Waals surface area contributed by atoms with Crippen LogP contribution in [0.5, 0.6) is 0 Å². The Morgan fingerprint density at radius 2 is 1.96 bits per heavy atom. The Morgan fingerprint density at radius 3 is 2.67 bits per heavy atom. The number of thioether (sulfide) groups is 1. The number of hydrogen-bond donors (Lipinski definition) is 0. The van der Waals surface area contributed by atoms with Gasteiger partial charge in [0.1, 0.15) is 0 Å². The molecule has 1 aliphatic rings. The van der Waals surface area contributed by atoms with Gasteiger partial charge in [-0.1, -0.05) is 23.9 Å². The third kappa shape index (κ3) is 4.35. The molecule has 2 atom stereocenters. The molecule has 7 heteroatoms. The van der Waals surface area contributed by atoms with Crippen molar-refractivity contribution in [1.82, 2.24) is 14.5 Å². The highest BCUT2D eigenvalue weighted by Crippen LogP contribution is 2.25. The topological polar surface area (TPSA) is 64.4 Å². The van der Waals surface area contributed by atoms with Gasteiger partial charge in [-0.05, 0) is 45.2 Å². The summed E-state index contributed by atoms with van der Waals surface area (Å²) in [5.74, 6) is 0.396. The number of benzene rings is 1. The zero-order valence-electron chi connectivity index (χ0n) is 16.2. The molecule has 6 nitrogen and oxygen atoms in total. The molecule has 27 heavy (non-hydrogen) atoms. The predicted octanol–water partition coefficient (Wildman–Crippen LogP) is 2.92. The van der Waals surface area contributed by atoms with Gasteiger partial charge in [0.25, 0.3) is 5.56 Å². The fraction of sp³-hybridized carbons (Fsp3) is 0.550. The number of fused-ring (bicyclic) bond motifs is 1. The minimum absolute atomic E-state index is 0.0905. The molecule has 1 aromatic heterocycles. The second-order valence-electron chi connectivity index (χ2n) is 7.08. The van der Waals surface area contributed by atoms with E-state index in [0.29, 0.717) is 29.2 Å². The lowest BCUT2D eigenvalue weighted by Crippen LogP contribution is -2.48. The molecular formula is C20H27N3O3S. The summed E-state index contributed by atoms with van der Waals surface area (Å²) >= 11 is 1.34. The summed E-state index contributed by atoms with van der Waals surface area (Å²) in [6.45, 7) is 5.06. The lowest BCUT2D eigenvalue weighted by molar-refractivity contribution is -0.134. The summed E-state index contributed by atoms with van der Waals surface area (Å²) in [7, 11) is 1.61. The van der Waals surface area contributed by atoms with Crippen LogP contribution in [0.25, 0.3) is 10.9 Å². The van der Waals surface area contributed by atoms with E-state index < -0.39 is 0 Å². The molecular weight excluding hydrogens is 362 g/mol. The minimum atomic E-state index is -0.0905. The number of ether oxygens (including phenoxy) is 1. The number of methoxy groups -OCH3 is 1. The third-order valence-electron chi connectivity index (χ3n) is 5.15. The van der Waals surface area contributed by atoms with Crippen LogP contribution >= 0.6 is 11.8 Å². The van der Waals surface area contributed by atoms with Crippen LogP contribution in [0.1, 0.15) is 33.1 Å². The summed E-state index contributed by atoms with van der Waals surface area (Å²) in [6.07, 6.45) is 3.27. The van der Waals surface area contributed by atoms with Gasteiger partial charge in [0, 0.05) is 19.2 Å². The number of nitrogens with zero attached hydrogens (tertiary/aromatic N) is 3. The summed E-state index contributed by atoms with van der Waals surface area (Å²) in [5, 5.41) is 1.16. The first-order valence-corrected chi connectivity index (χ1v) is 10.4. The highest BCUT2D eigenvalue weighted by atomic mass is 32.2. The van der Waals surface area contributed by atoms with Gasteiger partial charge in [-0.25, -0.2) is 4.98 Å². The average molecular weight is 390 g/mol. The van der Waals surface area contributed by atoms with Gasteiger partial charge in [0.05, 0.1) is 29.8 Å². The van der Waals surface area contributed by atoms with Gasteiger partial charge >= 0.3 is 0 Å². The minimum Gasteiger partial charge on any atom is -0.383 e. The van der Waals surface area contributed by atoms with E-state index in [1.165, 1.54) is 18.2 Å². The van der Waals surface area contributed by atoms with Crippen molar-refractivity contribution in [2.45, 2.75) is 56.9 Å². The molecule has 0 radical (unpaired) electrons. The monoisotopic (exact) mass is 389 g/mol. The first-order valence-electron chi connectivity index (χ1n) is 9.45. The zero-order valence-corrected chi connectivity index (χ0v) is 17.0. The van der Waals surface area contributed by atoms with E-state index in [9.17, 15) is 9.59 Å². The van der Waals surface area contributed by atoms with E-state index >= 15 is 0 Å². The number of carbonyl (C=O) groups excluding carboxylic acids is 1. The van der Waals surface area contributed by atoms with E-state index in [0.717, 1.165) is 12.8 Å². The number of hydrogen-bond acceptors (Lipinski definition) is 5. The van der Waals surface area contributed by atoms with Crippen LogP contribution in [0.15, 0.2) is 34.2 Å². The van der Waals surface area contributed by atoms with E-state index in [4.69, 9.17) is 4.74 Å². The van der Waals surface area contributed by atoms with Crippen molar-refractivity contribution in [3.05, 3.63) is 34.6 Å². The molecule has 0 spiro atoms. The van der Waals surface area contributed by atoms with Crippen LogP contribution in [0, 0.1) is 0 Å². The number of amides is 1. The largest absolute Gasteiger partial charge is 0.383 e. The lowest BCUT2D eigenvalue weighted by atomic mass is 9.98. The van der Waals surface area contributed by atoms with E-state index in [-0.39, 0.29) is 29.3 Å². The number of likely N-dealkylation sites (tertiary alicyclic amines) is 1. The molecule has 3 rings (SSSR count). The molecule has 0 aliphatic carbocycles. The fourth-order valence-electron chi connectivity index (χ4n) is 3.75. The Labute approximate surface area is 163 Å². The molecule has 0 bridgehead atoms. The summed E-state index contributed by atoms with van der Waals surface area (Å²) in [6, 6.07) is 7.85. The quantitative estimate of drug-likeness (QED) is 0.561. The van der Waals surface area contributed by atoms with Crippen LogP contribution < -0.4 is 5.56 Å². The van der Waals surface area contributed by atoms with Crippen molar-refractivity contribution in [1.29, 1.82) is 0 Å². The highest BCUT2D eigenvalue weighted by molar-refractivity contribution is 7.99. The molecule has 0 saturated carbocycles. The van der Waals surface area contributed by atoms with Crippen molar-refractivity contribution in [3.63, 3.8) is 0 Å². The molecule has 1 aliphatic heterocycles. The smallest absolute Gasteiger partial charge is 0.262 e. The Kier molecular flexibility index (Phi) is 6.55. The van der Waals surface area contributed by atoms with Gasteiger partial charge in [-0.15, -0.1) is 0 Å². The standard InChI is InChI=1S/C20H27N3O3S/c1-14-7-6-8-15(2)23(14)18(24)13-27-20-21-17-10-5-4-9-16(17)19(25)22(20)11-12-26-3/h4-5,9-10,14-15H,6-8,11-13H2,1-3H3/t14-,15+. The molecule has 146 valence electrons. The van der Waals surface area contributed by atoms with E-state index in [2.05, 4.69) is 18.8 Å². The normalized spacial score (nSPS) is 20.2. The van der Waals surface area contributed by atoms with Gasteiger partial charge in [-0.2, -0.15) is 0 Å². The van der Waals surface area contributed by atoms with Crippen molar-refractivity contribution in [3.8, 4) is 0 Å². The molecule has 2 heterocycles. The molecule has 1 amide bonds. The number of para-hydroxylation sites is 1. The van der Waals surface area contributed by atoms with E-state index in [1.807, 2.05) is 23.1 Å². The SMILES string of the molecule is COCCn1c(SCC(=O)N2[C@H](C)CCC[C@@H]2C)nc2ccccc2c1=O. The Hall–Kier alpha value is -1.86. The first-order chi connectivity index (χ1) is 13.0. The molecule has 0 N–H and O–H groups in total. The zero-order chi connectivity index (χ0) is 19.4. The molecule has 1 aromatic carbocycles. The second kappa shape index (κ2) is 8.89. The van der Waals surface area contributed by atoms with Crippen molar-refractivity contribution in [2.75, 3.05) is 19.5 Å². The van der Waals surface area contributed by atoms with Gasteiger partial charge < -0.3 is 9.64 Å². The van der Waals surface area contributed by atoms with Crippen LogP contribution in [0.3, 0.4) is 0 Å². The molecule has 1 fully saturated rings.